The van der Waals surface area contributed by atoms with Crippen molar-refractivity contribution in [1.29, 1.82) is 0 Å². The van der Waals surface area contributed by atoms with Gasteiger partial charge < -0.3 is 19.4 Å². The lowest BCUT2D eigenvalue weighted by Gasteiger charge is -2.11. The van der Waals surface area contributed by atoms with Gasteiger partial charge in [0.1, 0.15) is 11.5 Å². The van der Waals surface area contributed by atoms with Crippen LogP contribution in [0.4, 0.5) is 0 Å². The van der Waals surface area contributed by atoms with Crippen LogP contribution < -0.4 is 14.8 Å². The average molecular weight is 482 g/mol. The van der Waals surface area contributed by atoms with Gasteiger partial charge in [-0.25, -0.2) is 4.98 Å². The van der Waals surface area contributed by atoms with E-state index in [2.05, 4.69) is 48.0 Å². The number of nitrogens with zero attached hydrogens (tertiary/aromatic N) is 2. The van der Waals surface area contributed by atoms with E-state index in [1.54, 1.807) is 26.0 Å². The van der Waals surface area contributed by atoms with Crippen molar-refractivity contribution >= 4 is 17.7 Å². The molecule has 0 spiro atoms. The second-order valence-corrected chi connectivity index (χ2v) is 9.01. The third-order valence-electron chi connectivity index (χ3n) is 5.58. The molecule has 0 aliphatic heterocycles. The largest absolute Gasteiger partial charge is 0.497 e. The third kappa shape index (κ3) is 6.56. The van der Waals surface area contributed by atoms with Crippen molar-refractivity contribution in [3.8, 4) is 34.0 Å². The van der Waals surface area contributed by atoms with Gasteiger partial charge in [0.05, 0.1) is 25.6 Å². The quantitative estimate of drug-likeness (QED) is 0.238. The molecule has 0 saturated carbocycles. The normalized spacial score (nSPS) is 10.8. The van der Waals surface area contributed by atoms with E-state index in [-0.39, 0.29) is 5.91 Å². The number of methoxy groups -OCH3 is 2. The molecule has 0 unspecified atom stereocenters. The molecule has 0 radical (unpaired) electrons. The van der Waals surface area contributed by atoms with E-state index in [0.29, 0.717) is 6.42 Å². The molecule has 2 aromatic carbocycles. The van der Waals surface area contributed by atoms with Crippen LogP contribution in [0.15, 0.2) is 53.7 Å². The first kappa shape index (κ1) is 25.7. The Kier molecular flexibility index (Phi) is 9.89. The number of thioether (sulfide) groups is 1. The van der Waals surface area contributed by atoms with Gasteiger partial charge in [0.25, 0.3) is 0 Å². The number of carbonyl (C=O) groups excluding carboxylic acids is 1. The monoisotopic (exact) mass is 481 g/mol. The van der Waals surface area contributed by atoms with Gasteiger partial charge >= 0.3 is 0 Å². The molecule has 6 nitrogen and oxygen atoms in total. The lowest BCUT2D eigenvalue weighted by molar-refractivity contribution is -0.121. The number of unbranched alkanes of at least 4 members (excludes halogenated alkanes) is 1. The summed E-state index contributed by atoms with van der Waals surface area (Å²) < 4.78 is 13.0. The van der Waals surface area contributed by atoms with Gasteiger partial charge in [-0.3, -0.25) is 4.79 Å². The van der Waals surface area contributed by atoms with Gasteiger partial charge in [0.2, 0.25) is 5.91 Å². The highest BCUT2D eigenvalue weighted by Gasteiger charge is 2.20. The topological polar surface area (TPSA) is 65.4 Å². The molecule has 182 valence electrons. The summed E-state index contributed by atoms with van der Waals surface area (Å²) in [5.41, 5.74) is 4.20. The molecule has 34 heavy (non-hydrogen) atoms. The van der Waals surface area contributed by atoms with Crippen molar-refractivity contribution in [3.63, 3.8) is 0 Å². The molecule has 1 heterocycles. The van der Waals surface area contributed by atoms with Crippen LogP contribution in [-0.2, 0) is 11.3 Å². The molecule has 0 saturated heterocycles. The van der Waals surface area contributed by atoms with Crippen molar-refractivity contribution in [2.45, 2.75) is 51.2 Å². The van der Waals surface area contributed by atoms with Crippen molar-refractivity contribution in [3.05, 3.63) is 48.5 Å². The summed E-state index contributed by atoms with van der Waals surface area (Å²) >= 11 is 1.75. The van der Waals surface area contributed by atoms with Crippen molar-refractivity contribution in [2.24, 2.45) is 0 Å². The van der Waals surface area contributed by atoms with Gasteiger partial charge in [0.15, 0.2) is 5.16 Å². The number of aromatic nitrogens is 2. The Bertz CT molecular complexity index is 1050. The number of amides is 1. The number of carbonyl (C=O) groups is 1. The van der Waals surface area contributed by atoms with Crippen LogP contribution in [0, 0.1) is 0 Å². The highest BCUT2D eigenvalue weighted by molar-refractivity contribution is 7.99. The highest BCUT2D eigenvalue weighted by Crippen LogP contribution is 2.37. The minimum Gasteiger partial charge on any atom is -0.497 e. The summed E-state index contributed by atoms with van der Waals surface area (Å²) in [4.78, 5) is 16.9. The Hall–Kier alpha value is -2.93. The second kappa shape index (κ2) is 13.1. The van der Waals surface area contributed by atoms with Crippen LogP contribution in [0.1, 0.15) is 39.5 Å². The summed E-state index contributed by atoms with van der Waals surface area (Å²) in [5.74, 6) is 2.71. The Labute approximate surface area is 207 Å². The van der Waals surface area contributed by atoms with E-state index < -0.39 is 0 Å². The molecule has 0 aliphatic carbocycles. The maximum Gasteiger partial charge on any atom is 0.219 e. The fourth-order valence-electron chi connectivity index (χ4n) is 3.73. The summed E-state index contributed by atoms with van der Waals surface area (Å²) in [5, 5.41) is 3.94. The summed E-state index contributed by atoms with van der Waals surface area (Å²) in [7, 11) is 3.35. The minimum atomic E-state index is 0.144. The number of hydrogen-bond donors (Lipinski definition) is 1. The molecule has 0 atom stereocenters. The molecule has 1 amide bonds. The number of rotatable bonds is 13. The van der Waals surface area contributed by atoms with E-state index in [4.69, 9.17) is 14.5 Å². The van der Waals surface area contributed by atoms with Gasteiger partial charge in [-0.15, -0.1) is 0 Å². The standard InChI is InChI=1S/C27H35N3O3S/c1-5-18-28-24(31)9-7-8-19-34-27-29-25(20-10-14-22(32-3)15-11-20)26(30(27)6-2)21-12-16-23(33-4)17-13-21/h10-17H,5-9,18-19H2,1-4H3,(H,28,31). The molecule has 0 bridgehead atoms. The Morgan fingerprint density at radius 2 is 1.56 bits per heavy atom. The predicted octanol–water partition coefficient (Wildman–Crippen LogP) is 6.04. The minimum absolute atomic E-state index is 0.144. The van der Waals surface area contributed by atoms with E-state index >= 15 is 0 Å². The average Bonchev–Trinajstić information content (AvgIpc) is 3.25. The second-order valence-electron chi connectivity index (χ2n) is 7.95. The first-order valence-corrected chi connectivity index (χ1v) is 12.9. The molecule has 3 rings (SSSR count). The van der Waals surface area contributed by atoms with Crippen molar-refractivity contribution < 1.29 is 14.3 Å². The first-order valence-electron chi connectivity index (χ1n) is 11.9. The molecule has 0 aliphatic rings. The van der Waals surface area contributed by atoms with Gasteiger partial charge in [-0.2, -0.15) is 0 Å². The fourth-order valence-corrected chi connectivity index (χ4v) is 4.79. The first-order chi connectivity index (χ1) is 16.6. The summed E-state index contributed by atoms with van der Waals surface area (Å²) in [6, 6.07) is 16.2. The van der Waals surface area contributed by atoms with Crippen LogP contribution >= 0.6 is 11.8 Å². The molecule has 1 N–H and O–H groups in total. The molecular formula is C27H35N3O3S. The van der Waals surface area contributed by atoms with Crippen LogP contribution in [-0.4, -0.2) is 42.0 Å². The number of hydrogen-bond acceptors (Lipinski definition) is 5. The van der Waals surface area contributed by atoms with E-state index in [1.807, 2.05) is 24.3 Å². The lowest BCUT2D eigenvalue weighted by atomic mass is 10.0. The molecule has 1 aromatic heterocycles. The number of nitrogens with one attached hydrogen (secondary N) is 1. The molecular weight excluding hydrogens is 446 g/mol. The molecule has 3 aromatic rings. The summed E-state index contributed by atoms with van der Waals surface area (Å²) in [6.07, 6.45) is 3.40. The number of imidazole rings is 1. The van der Waals surface area contributed by atoms with Crippen molar-refractivity contribution in [1.82, 2.24) is 14.9 Å². The molecule has 0 fully saturated rings. The fraction of sp³-hybridized carbons (Fsp3) is 0.407. The van der Waals surface area contributed by atoms with Crippen LogP contribution in [0.5, 0.6) is 11.5 Å². The SMILES string of the molecule is CCCNC(=O)CCCCSc1nc(-c2ccc(OC)cc2)c(-c2ccc(OC)cc2)n1CC. The van der Waals surface area contributed by atoms with E-state index in [1.165, 1.54) is 0 Å². The zero-order valence-corrected chi connectivity index (χ0v) is 21.4. The molecule has 7 heteroatoms. The van der Waals surface area contributed by atoms with E-state index in [0.717, 1.165) is 77.3 Å². The van der Waals surface area contributed by atoms with Gasteiger partial charge in [-0.05, 0) is 74.7 Å². The third-order valence-corrected chi connectivity index (χ3v) is 6.64. The smallest absolute Gasteiger partial charge is 0.219 e. The highest BCUT2D eigenvalue weighted by atomic mass is 32.2. The van der Waals surface area contributed by atoms with Gasteiger partial charge in [-0.1, -0.05) is 18.7 Å². The lowest BCUT2D eigenvalue weighted by Crippen LogP contribution is -2.23. The maximum atomic E-state index is 11.8. The Balaban J connectivity index is 1.83. The zero-order chi connectivity index (χ0) is 24.3. The predicted molar refractivity (Wildman–Crippen MR) is 140 cm³/mol. The van der Waals surface area contributed by atoms with Crippen LogP contribution in [0.2, 0.25) is 0 Å². The van der Waals surface area contributed by atoms with Gasteiger partial charge in [0, 0.05) is 36.4 Å². The number of ether oxygens (including phenoxy) is 2. The Morgan fingerprint density at radius 1 is 0.941 bits per heavy atom. The zero-order valence-electron chi connectivity index (χ0n) is 20.6. The van der Waals surface area contributed by atoms with Crippen molar-refractivity contribution in [2.75, 3.05) is 26.5 Å². The Morgan fingerprint density at radius 3 is 2.12 bits per heavy atom. The summed E-state index contributed by atoms with van der Waals surface area (Å²) in [6.45, 7) is 5.78. The number of benzene rings is 2. The van der Waals surface area contributed by atoms with E-state index in [9.17, 15) is 4.79 Å². The maximum absolute atomic E-state index is 11.8. The van der Waals surface area contributed by atoms with Crippen LogP contribution in [0.25, 0.3) is 22.5 Å². The van der Waals surface area contributed by atoms with Crippen LogP contribution in [0.3, 0.4) is 0 Å².